The van der Waals surface area contributed by atoms with Crippen molar-refractivity contribution in [1.29, 1.82) is 0 Å². The fourth-order valence-electron chi connectivity index (χ4n) is 3.02. The van der Waals surface area contributed by atoms with Crippen molar-refractivity contribution in [1.82, 2.24) is 10.2 Å². The largest absolute Gasteiger partial charge is 0.367 e. The molecular weight excluding hydrogens is 246 g/mol. The van der Waals surface area contributed by atoms with Crippen LogP contribution in [0, 0.1) is 5.92 Å². The maximum absolute atomic E-state index is 5.72. The van der Waals surface area contributed by atoms with Gasteiger partial charge in [-0.15, -0.1) is 0 Å². The first kappa shape index (κ1) is 16.8. The quantitative estimate of drug-likeness (QED) is 0.697. The summed E-state index contributed by atoms with van der Waals surface area (Å²) in [5.74, 6) is 0.492. The number of rotatable bonds is 7. The van der Waals surface area contributed by atoms with E-state index < -0.39 is 0 Å². The number of hydrogen-bond donors (Lipinski definition) is 2. The van der Waals surface area contributed by atoms with E-state index >= 15 is 0 Å². The van der Waals surface area contributed by atoms with Gasteiger partial charge in [0.05, 0.1) is 0 Å². The van der Waals surface area contributed by atoms with E-state index in [9.17, 15) is 0 Å². The van der Waals surface area contributed by atoms with Gasteiger partial charge < -0.3 is 16.0 Å². The van der Waals surface area contributed by atoms with Gasteiger partial charge in [0.2, 0.25) is 0 Å². The second kappa shape index (κ2) is 7.53. The van der Waals surface area contributed by atoms with Crippen molar-refractivity contribution >= 4 is 0 Å². The lowest BCUT2D eigenvalue weighted by Crippen LogP contribution is -2.36. The first-order valence-electron chi connectivity index (χ1n) is 7.82. The molecule has 0 saturated heterocycles. The minimum Gasteiger partial charge on any atom is -0.367 e. The monoisotopic (exact) mass is 277 g/mol. The third-order valence-electron chi connectivity index (χ3n) is 4.03. The van der Waals surface area contributed by atoms with Gasteiger partial charge in [-0.25, -0.2) is 0 Å². The highest BCUT2D eigenvalue weighted by atomic mass is 15.3. The van der Waals surface area contributed by atoms with E-state index in [2.05, 4.69) is 51.4 Å². The second-order valence-corrected chi connectivity index (χ2v) is 5.66. The fraction of sp³-hybridized carbons (Fsp3) is 0.647. The summed E-state index contributed by atoms with van der Waals surface area (Å²) < 4.78 is 0. The lowest BCUT2D eigenvalue weighted by Gasteiger charge is -2.32. The molecule has 20 heavy (non-hydrogen) atoms. The van der Waals surface area contributed by atoms with Crippen LogP contribution >= 0.6 is 0 Å². The Morgan fingerprint density at radius 2 is 2.10 bits per heavy atom. The summed E-state index contributed by atoms with van der Waals surface area (Å²) in [6.07, 6.45) is 5.37. The number of nitrogens with two attached hydrogens (primary N) is 1. The molecule has 1 unspecified atom stereocenters. The Hall–Kier alpha value is -1.22. The van der Waals surface area contributed by atoms with E-state index in [-0.39, 0.29) is 0 Å². The van der Waals surface area contributed by atoms with Gasteiger partial charge in [-0.3, -0.25) is 0 Å². The molecule has 0 aromatic carbocycles. The Morgan fingerprint density at radius 1 is 1.45 bits per heavy atom. The molecule has 0 bridgehead atoms. The maximum atomic E-state index is 5.72. The van der Waals surface area contributed by atoms with Crippen molar-refractivity contribution < 1.29 is 0 Å². The topological polar surface area (TPSA) is 41.3 Å². The van der Waals surface area contributed by atoms with Gasteiger partial charge in [0, 0.05) is 23.5 Å². The van der Waals surface area contributed by atoms with E-state index in [1.165, 1.54) is 22.7 Å². The molecule has 1 atom stereocenters. The molecule has 0 amide bonds. The molecule has 114 valence electrons. The zero-order valence-corrected chi connectivity index (χ0v) is 13.8. The third-order valence-corrected chi connectivity index (χ3v) is 4.03. The van der Waals surface area contributed by atoms with Crippen LogP contribution in [0.1, 0.15) is 53.9 Å². The Labute approximate surface area is 124 Å². The molecule has 3 N–H and O–H groups in total. The van der Waals surface area contributed by atoms with E-state index in [1.807, 2.05) is 6.08 Å². The summed E-state index contributed by atoms with van der Waals surface area (Å²) >= 11 is 0. The van der Waals surface area contributed by atoms with Crippen LogP contribution in [0.5, 0.6) is 0 Å². The first-order chi connectivity index (χ1) is 9.51. The van der Waals surface area contributed by atoms with E-state index in [0.29, 0.717) is 18.6 Å². The number of nitrogens with one attached hydrogen (secondary N) is 1. The lowest BCUT2D eigenvalue weighted by molar-refractivity contribution is 0.298. The van der Waals surface area contributed by atoms with Gasteiger partial charge in [-0.1, -0.05) is 40.3 Å². The Bertz CT molecular complexity index is 404. The summed E-state index contributed by atoms with van der Waals surface area (Å²) in [5, 5.41) is 3.63. The summed E-state index contributed by atoms with van der Waals surface area (Å²) in [4.78, 5) is 2.46. The summed E-state index contributed by atoms with van der Waals surface area (Å²) in [7, 11) is 0. The van der Waals surface area contributed by atoms with Crippen LogP contribution in [-0.4, -0.2) is 17.6 Å². The predicted octanol–water partition coefficient (Wildman–Crippen LogP) is 3.71. The summed E-state index contributed by atoms with van der Waals surface area (Å²) in [6.45, 7) is 15.8. The SMILES string of the molecule is C=C/C(=C(\CC)N1C(C)=C(CCN)NC1CC)C(C)C. The first-order valence-corrected chi connectivity index (χ1v) is 7.82. The van der Waals surface area contributed by atoms with Gasteiger partial charge >= 0.3 is 0 Å². The van der Waals surface area contributed by atoms with Crippen LogP contribution in [0.25, 0.3) is 0 Å². The molecule has 3 nitrogen and oxygen atoms in total. The fourth-order valence-corrected chi connectivity index (χ4v) is 3.02. The molecule has 0 spiro atoms. The minimum atomic E-state index is 0.347. The van der Waals surface area contributed by atoms with Crippen molar-refractivity contribution in [2.75, 3.05) is 6.54 Å². The molecule has 0 aliphatic carbocycles. The highest BCUT2D eigenvalue weighted by Crippen LogP contribution is 2.32. The molecule has 0 aromatic heterocycles. The van der Waals surface area contributed by atoms with E-state index in [0.717, 1.165) is 19.3 Å². The molecule has 0 saturated carbocycles. The minimum absolute atomic E-state index is 0.347. The van der Waals surface area contributed by atoms with Gasteiger partial charge in [0.15, 0.2) is 0 Å². The van der Waals surface area contributed by atoms with E-state index in [1.54, 1.807) is 0 Å². The van der Waals surface area contributed by atoms with Crippen LogP contribution in [0.4, 0.5) is 0 Å². The van der Waals surface area contributed by atoms with Crippen molar-refractivity contribution in [2.24, 2.45) is 11.7 Å². The molecule has 1 aliphatic rings. The van der Waals surface area contributed by atoms with Crippen molar-refractivity contribution in [3.63, 3.8) is 0 Å². The highest BCUT2D eigenvalue weighted by molar-refractivity contribution is 5.32. The zero-order valence-electron chi connectivity index (χ0n) is 13.8. The third kappa shape index (κ3) is 3.26. The van der Waals surface area contributed by atoms with Crippen molar-refractivity contribution in [3.8, 4) is 0 Å². The number of allylic oxidation sites excluding steroid dienone is 4. The molecule has 1 rings (SSSR count). The molecule has 0 radical (unpaired) electrons. The average Bonchev–Trinajstić information content (AvgIpc) is 2.73. The van der Waals surface area contributed by atoms with Crippen molar-refractivity contribution in [2.45, 2.75) is 60.0 Å². The molecular formula is C17H31N3. The molecule has 3 heteroatoms. The number of nitrogens with zero attached hydrogens (tertiary/aromatic N) is 1. The van der Waals surface area contributed by atoms with Crippen LogP contribution < -0.4 is 11.1 Å². The van der Waals surface area contributed by atoms with Gasteiger partial charge in [-0.05, 0) is 37.8 Å². The predicted molar refractivity (Wildman–Crippen MR) is 87.8 cm³/mol. The Balaban J connectivity index is 3.27. The van der Waals surface area contributed by atoms with Crippen LogP contribution in [0.15, 0.2) is 35.3 Å². The van der Waals surface area contributed by atoms with Gasteiger partial charge in [-0.2, -0.15) is 0 Å². The smallest absolute Gasteiger partial charge is 0.103 e. The standard InChI is InChI=1S/C17H31N3/c1-7-14(12(4)5)16(8-2)20-13(6)15(10-11-18)19-17(20)9-3/h7,12,17,19H,1,8-11,18H2,2-6H3/b16-14-. The summed E-state index contributed by atoms with van der Waals surface area (Å²) in [6, 6.07) is 0. The lowest BCUT2D eigenvalue weighted by atomic mass is 9.98. The normalized spacial score (nSPS) is 20.4. The van der Waals surface area contributed by atoms with E-state index in [4.69, 9.17) is 5.73 Å². The maximum Gasteiger partial charge on any atom is 0.103 e. The average molecular weight is 277 g/mol. The molecule has 1 aliphatic heterocycles. The molecule has 0 fully saturated rings. The zero-order chi connectivity index (χ0) is 15.3. The van der Waals surface area contributed by atoms with Crippen LogP contribution in [0.2, 0.25) is 0 Å². The van der Waals surface area contributed by atoms with Crippen LogP contribution in [0.3, 0.4) is 0 Å². The highest BCUT2D eigenvalue weighted by Gasteiger charge is 2.30. The van der Waals surface area contributed by atoms with Gasteiger partial charge in [0.1, 0.15) is 6.17 Å². The molecule has 0 aromatic rings. The summed E-state index contributed by atoms with van der Waals surface area (Å²) in [5.41, 5.74) is 11.1. The van der Waals surface area contributed by atoms with Gasteiger partial charge in [0.25, 0.3) is 0 Å². The molecule has 1 heterocycles. The second-order valence-electron chi connectivity index (χ2n) is 5.66. The van der Waals surface area contributed by atoms with Crippen molar-refractivity contribution in [3.05, 3.63) is 35.3 Å². The van der Waals surface area contributed by atoms with Crippen LogP contribution in [-0.2, 0) is 0 Å². The number of hydrogen-bond acceptors (Lipinski definition) is 3. The Morgan fingerprint density at radius 3 is 2.50 bits per heavy atom. The Kier molecular flexibility index (Phi) is 6.34.